The molecule has 0 spiro atoms. The molecule has 0 amide bonds. The van der Waals surface area contributed by atoms with Crippen LogP contribution in [0.4, 0.5) is 0 Å². The normalized spacial score (nSPS) is 1.50. The van der Waals surface area contributed by atoms with Crippen LogP contribution in [-0.2, 0) is 98.1 Å². The zero-order valence-corrected chi connectivity index (χ0v) is 16.4. The Kier molecular flexibility index (Phi) is 2370. The molecule has 0 aliphatic heterocycles. The van der Waals surface area contributed by atoms with Gasteiger partial charge in [0.25, 0.3) is 0 Å². The third-order valence-corrected chi connectivity index (χ3v) is 0. The van der Waals surface area contributed by atoms with Crippen molar-refractivity contribution < 1.29 is 98.1 Å². The Labute approximate surface area is 177 Å². The van der Waals surface area contributed by atoms with Crippen molar-refractivity contribution in [3.63, 3.8) is 0 Å². The Bertz CT molecular complexity index is 52.0. The summed E-state index contributed by atoms with van der Waals surface area (Å²) >= 11 is 0. The topological polar surface area (TPSA) is 138 Å². The van der Waals surface area contributed by atoms with Crippen molar-refractivity contribution in [2.24, 2.45) is 10.7 Å². The fraction of sp³-hybridized carbons (Fsp3) is 0.500. The van der Waals surface area contributed by atoms with Crippen LogP contribution in [0.1, 0.15) is 22.3 Å². The van der Waals surface area contributed by atoms with Crippen LogP contribution < -0.4 is 0 Å². The van der Waals surface area contributed by atoms with Gasteiger partial charge in [-0.3, -0.25) is 0 Å². The van der Waals surface area contributed by atoms with E-state index in [1.54, 1.807) is 0 Å². The second-order valence-electron chi connectivity index (χ2n) is 0.149. The van der Waals surface area contributed by atoms with Crippen LogP contribution in [0, 0.1) is 42.5 Å². The monoisotopic (exact) mass is 468 g/mol. The van der Waals surface area contributed by atoms with Gasteiger partial charge in [-0.2, -0.15) is 0 Å². The molecule has 2 N–H and O–H groups in total. The quantitative estimate of drug-likeness (QED) is 0.294. The van der Waals surface area contributed by atoms with Gasteiger partial charge in [0, 0.05) is 98.1 Å². The first kappa shape index (κ1) is 143. The van der Waals surface area contributed by atoms with Crippen molar-refractivity contribution in [2.45, 2.75) is 22.3 Å². The molecule has 0 saturated carbocycles. The Balaban J connectivity index is -0.00000000123. The van der Waals surface area contributed by atoms with Gasteiger partial charge in [-0.25, -0.2) is 0 Å². The number of nitrogens with two attached hydrogens (primary N) is 1. The molecular weight excluding hydrogens is 445 g/mol. The Morgan fingerprint density at radius 1 is 0.625 bits per heavy atom. The molecule has 0 aliphatic carbocycles. The molecule has 0 rings (SSSR count). The molecule has 0 aromatic heterocycles. The van der Waals surface area contributed by atoms with E-state index in [0.29, 0.717) is 0 Å². The van der Waals surface area contributed by atoms with E-state index in [1.807, 2.05) is 0 Å². The fourth-order valence-corrected chi connectivity index (χ4v) is 0. The molecule has 0 aromatic carbocycles. The first-order chi connectivity index (χ1) is 2.83. The molecule has 7 nitrogen and oxygen atoms in total. The average molecular weight is 468 g/mol. The maximum Gasteiger partial charge on any atom is 0 e. The van der Waals surface area contributed by atoms with Gasteiger partial charge in [0.2, 0.25) is 0 Å². The summed E-state index contributed by atoms with van der Waals surface area (Å²) in [5.74, 6) is 0. The van der Waals surface area contributed by atoms with E-state index < -0.39 is 0 Å². The standard InChI is InChI=1S/3CH4.3CH3.2HNO2.H2N.3Y/c;;;;;;2*2-1-3;;;;/h3*1H4;3*1H3;2*(H,2,3);1H2;;;/q;;;3*-1;;;-1;;;/p-2. The van der Waals surface area contributed by atoms with Gasteiger partial charge in [-0.15, -0.1) is 10.7 Å². The predicted molar refractivity (Wildman–Crippen MR) is 63.0 cm³/mol. The number of rotatable bonds is 0. The summed E-state index contributed by atoms with van der Waals surface area (Å²) < 4.78 is 0. The van der Waals surface area contributed by atoms with Gasteiger partial charge in [0.1, 0.15) is 0 Å². The first-order valence-electron chi connectivity index (χ1n) is 0.730. The number of hydrogen-bond acceptors (Lipinski definition) is 6. The maximum atomic E-state index is 8.00. The van der Waals surface area contributed by atoms with Crippen LogP contribution in [0.2, 0.25) is 0 Å². The summed E-state index contributed by atoms with van der Waals surface area (Å²) in [5, 5.41) is 18.0. The molecule has 16 heavy (non-hydrogen) atoms. The minimum atomic E-state index is 0. The Hall–Kier alpha value is 2.07. The smallest absolute Gasteiger partial charge is 0 e. The van der Waals surface area contributed by atoms with Crippen molar-refractivity contribution in [1.29, 1.82) is 0 Å². The molecule has 10 heteroatoms. The molecule has 0 atom stereocenters. The number of hydrogen-bond donors (Lipinski definition) is 0. The average Bonchev–Trinajstić information content (AvgIpc) is 1.39. The van der Waals surface area contributed by atoms with Crippen LogP contribution in [0.5, 0.6) is 0 Å². The zero-order valence-electron chi connectivity index (χ0n) is 7.84. The van der Waals surface area contributed by atoms with Crippen molar-refractivity contribution in [1.82, 2.24) is 0 Å². The minimum absolute atomic E-state index is 0. The van der Waals surface area contributed by atoms with Gasteiger partial charge in [0.15, 0.2) is 0 Å². The summed E-state index contributed by atoms with van der Waals surface area (Å²) in [6.45, 7) is 0. The summed E-state index contributed by atoms with van der Waals surface area (Å²) in [6.07, 6.45) is 0. The predicted octanol–water partition coefficient (Wildman–Crippen LogP) is 4.47. The van der Waals surface area contributed by atoms with E-state index in [2.05, 4.69) is 0 Å². The SMILES string of the molecule is C.C.C.O=N[O-].O=N[O-].[CH3-].[CH3-].[CH3-].[NH2-].[Y].[Y].[Y]. The minimum Gasteiger partial charge on any atom is -0.693 e. The van der Waals surface area contributed by atoms with E-state index in [9.17, 15) is 0 Å². The summed E-state index contributed by atoms with van der Waals surface area (Å²) in [5.41, 5.74) is 0. The van der Waals surface area contributed by atoms with E-state index >= 15 is 0 Å². The van der Waals surface area contributed by atoms with Crippen LogP contribution in [0.3, 0.4) is 0 Å². The van der Waals surface area contributed by atoms with Crippen LogP contribution >= 0.6 is 0 Å². The van der Waals surface area contributed by atoms with Gasteiger partial charge >= 0.3 is 0 Å². The zero-order chi connectivity index (χ0) is 5.41. The molecule has 0 saturated heterocycles. The molecule has 0 aliphatic rings. The summed E-state index contributed by atoms with van der Waals surface area (Å²) in [4.78, 5) is 16.0. The maximum absolute atomic E-state index is 8.00. The molecule has 0 fully saturated rings. The third-order valence-electron chi connectivity index (χ3n) is 0. The van der Waals surface area contributed by atoms with E-state index in [1.165, 1.54) is 0 Å². The van der Waals surface area contributed by atoms with E-state index in [0.717, 1.165) is 10.7 Å². The Morgan fingerprint density at radius 2 is 0.625 bits per heavy atom. The van der Waals surface area contributed by atoms with Crippen LogP contribution in [0.15, 0.2) is 10.7 Å². The van der Waals surface area contributed by atoms with E-state index in [-0.39, 0.29) is 149 Å². The third kappa shape index (κ3) is 851. The molecular formula is C6H23N3O4Y3-6. The largest absolute Gasteiger partial charge is 0.693 e. The Morgan fingerprint density at radius 3 is 0.625 bits per heavy atom. The van der Waals surface area contributed by atoms with Crippen LogP contribution in [-0.4, -0.2) is 0 Å². The van der Waals surface area contributed by atoms with Crippen molar-refractivity contribution >= 4 is 0 Å². The van der Waals surface area contributed by atoms with Gasteiger partial charge in [0.05, 0.1) is 0 Å². The number of nitrogens with zero attached hydrogens (tertiary/aromatic N) is 2. The van der Waals surface area contributed by atoms with Crippen molar-refractivity contribution in [3.8, 4) is 0 Å². The van der Waals surface area contributed by atoms with Crippen molar-refractivity contribution in [3.05, 3.63) is 48.7 Å². The molecule has 0 heterocycles. The van der Waals surface area contributed by atoms with Crippen molar-refractivity contribution in [2.75, 3.05) is 0 Å². The molecule has 101 valence electrons. The molecule has 0 bridgehead atoms. The van der Waals surface area contributed by atoms with Gasteiger partial charge in [-0.1, -0.05) is 22.3 Å². The summed E-state index contributed by atoms with van der Waals surface area (Å²) in [7, 11) is 0. The van der Waals surface area contributed by atoms with Gasteiger partial charge in [-0.05, 0) is 0 Å². The second kappa shape index (κ2) is 266. The van der Waals surface area contributed by atoms with E-state index in [4.69, 9.17) is 20.2 Å². The van der Waals surface area contributed by atoms with Crippen LogP contribution in [0.25, 0.3) is 6.15 Å². The molecule has 3 radical (unpaired) electrons. The second-order valence-corrected chi connectivity index (χ2v) is 0.149. The summed E-state index contributed by atoms with van der Waals surface area (Å²) in [6, 6.07) is 0. The fourth-order valence-electron chi connectivity index (χ4n) is 0. The molecule has 0 unspecified atom stereocenters. The first-order valence-corrected chi connectivity index (χ1v) is 0.730. The van der Waals surface area contributed by atoms with Gasteiger partial charge < -0.3 is 48.7 Å². The molecule has 0 aromatic rings.